The molecule has 2 aromatic heterocycles. The molecule has 3 aromatic rings. The van der Waals surface area contributed by atoms with E-state index in [-0.39, 0.29) is 11.5 Å². The van der Waals surface area contributed by atoms with E-state index in [1.165, 1.54) is 7.11 Å². The summed E-state index contributed by atoms with van der Waals surface area (Å²) < 4.78 is 11.5. The zero-order valence-corrected chi connectivity index (χ0v) is 18.0. The Morgan fingerprint density at radius 2 is 1.97 bits per heavy atom. The number of hydrogen-bond donors (Lipinski definition) is 0. The van der Waals surface area contributed by atoms with Gasteiger partial charge in [-0.1, -0.05) is 55.8 Å². The van der Waals surface area contributed by atoms with Crippen LogP contribution in [0, 0.1) is 0 Å². The van der Waals surface area contributed by atoms with Crippen molar-refractivity contribution in [2.45, 2.75) is 38.8 Å². The molecule has 4 rings (SSSR count). The summed E-state index contributed by atoms with van der Waals surface area (Å²) in [6, 6.07) is 7.62. The standard InChI is InChI=1S/C20H23ClN6O3/c1-20(2,3)18-22-16(26-10-13(11-26)30-19(28)29-4)15-17(23-18)27(25-24-15)9-12-7-5-6-8-14(12)21/h5-8,13H,9-11H2,1-4H3. The molecule has 0 aliphatic carbocycles. The van der Waals surface area contributed by atoms with Gasteiger partial charge in [-0.25, -0.2) is 19.4 Å². The molecular weight excluding hydrogens is 408 g/mol. The molecular formula is C20H23ClN6O3. The smallest absolute Gasteiger partial charge is 0.438 e. The highest BCUT2D eigenvalue weighted by Gasteiger charge is 2.35. The highest BCUT2D eigenvalue weighted by Crippen LogP contribution is 2.30. The van der Waals surface area contributed by atoms with Gasteiger partial charge >= 0.3 is 6.16 Å². The lowest BCUT2D eigenvalue weighted by Gasteiger charge is -2.39. The van der Waals surface area contributed by atoms with E-state index in [9.17, 15) is 4.79 Å². The van der Waals surface area contributed by atoms with Crippen LogP contribution in [-0.4, -0.2) is 57.4 Å². The van der Waals surface area contributed by atoms with E-state index in [4.69, 9.17) is 26.3 Å². The van der Waals surface area contributed by atoms with Gasteiger partial charge in [-0.05, 0) is 11.6 Å². The Kier molecular flexibility index (Phi) is 5.23. The van der Waals surface area contributed by atoms with E-state index in [1.54, 1.807) is 4.68 Å². The molecule has 9 nitrogen and oxygen atoms in total. The molecule has 0 atom stereocenters. The van der Waals surface area contributed by atoms with Crippen molar-refractivity contribution in [1.82, 2.24) is 25.0 Å². The fourth-order valence-electron chi connectivity index (χ4n) is 3.16. The lowest BCUT2D eigenvalue weighted by Crippen LogP contribution is -2.53. The number of carbonyl (C=O) groups excluding carboxylic acids is 1. The molecule has 1 aliphatic heterocycles. The van der Waals surface area contributed by atoms with Crippen molar-refractivity contribution in [3.05, 3.63) is 40.7 Å². The number of ether oxygens (including phenoxy) is 2. The van der Waals surface area contributed by atoms with Gasteiger partial charge in [-0.2, -0.15) is 0 Å². The maximum Gasteiger partial charge on any atom is 0.508 e. The van der Waals surface area contributed by atoms with Crippen molar-refractivity contribution < 1.29 is 14.3 Å². The van der Waals surface area contributed by atoms with Crippen LogP contribution in [-0.2, 0) is 21.4 Å². The summed E-state index contributed by atoms with van der Waals surface area (Å²) in [4.78, 5) is 22.9. The molecule has 1 aliphatic rings. The number of nitrogens with zero attached hydrogens (tertiary/aromatic N) is 6. The molecule has 0 N–H and O–H groups in total. The zero-order valence-electron chi connectivity index (χ0n) is 17.3. The van der Waals surface area contributed by atoms with Crippen LogP contribution in [0.4, 0.5) is 10.6 Å². The minimum absolute atomic E-state index is 0.251. The molecule has 1 fully saturated rings. The Labute approximate surface area is 179 Å². The maximum absolute atomic E-state index is 11.3. The second-order valence-corrected chi connectivity index (χ2v) is 8.64. The number of benzene rings is 1. The second-order valence-electron chi connectivity index (χ2n) is 8.23. The summed E-state index contributed by atoms with van der Waals surface area (Å²) in [5.74, 6) is 1.37. The first-order valence-corrected chi connectivity index (χ1v) is 9.98. The number of anilines is 1. The summed E-state index contributed by atoms with van der Waals surface area (Å²) in [5, 5.41) is 9.32. The Morgan fingerprint density at radius 3 is 2.63 bits per heavy atom. The van der Waals surface area contributed by atoms with E-state index in [0.717, 1.165) is 5.56 Å². The summed E-state index contributed by atoms with van der Waals surface area (Å²) in [5.41, 5.74) is 1.91. The van der Waals surface area contributed by atoms with Crippen molar-refractivity contribution in [3.63, 3.8) is 0 Å². The number of fused-ring (bicyclic) bond motifs is 1. The minimum atomic E-state index is -0.687. The molecule has 0 amide bonds. The van der Waals surface area contributed by atoms with Gasteiger partial charge in [-0.15, -0.1) is 5.10 Å². The van der Waals surface area contributed by atoms with Crippen molar-refractivity contribution in [3.8, 4) is 0 Å². The molecule has 0 spiro atoms. The van der Waals surface area contributed by atoms with Crippen LogP contribution < -0.4 is 4.90 Å². The van der Waals surface area contributed by atoms with Crippen LogP contribution in [0.1, 0.15) is 32.2 Å². The third kappa shape index (κ3) is 3.89. The third-order valence-electron chi connectivity index (χ3n) is 4.87. The van der Waals surface area contributed by atoms with Gasteiger partial charge in [0.25, 0.3) is 0 Å². The lowest BCUT2D eigenvalue weighted by molar-refractivity contribution is 0.0264. The highest BCUT2D eigenvalue weighted by molar-refractivity contribution is 6.31. The van der Waals surface area contributed by atoms with E-state index in [2.05, 4.69) is 35.8 Å². The number of hydrogen-bond acceptors (Lipinski definition) is 8. The summed E-state index contributed by atoms with van der Waals surface area (Å²) in [7, 11) is 1.29. The van der Waals surface area contributed by atoms with Gasteiger partial charge in [-0.3, -0.25) is 0 Å². The monoisotopic (exact) mass is 430 g/mol. The average molecular weight is 431 g/mol. The van der Waals surface area contributed by atoms with E-state index < -0.39 is 6.16 Å². The van der Waals surface area contributed by atoms with Crippen LogP contribution in [0.15, 0.2) is 24.3 Å². The number of methoxy groups -OCH3 is 1. The lowest BCUT2D eigenvalue weighted by atomic mass is 9.95. The second kappa shape index (κ2) is 7.71. The molecule has 158 valence electrons. The Hall–Kier alpha value is -2.94. The first-order chi connectivity index (χ1) is 14.3. The van der Waals surface area contributed by atoms with Crippen LogP contribution in [0.25, 0.3) is 11.2 Å². The van der Waals surface area contributed by atoms with E-state index in [0.29, 0.717) is 47.5 Å². The van der Waals surface area contributed by atoms with Crippen LogP contribution in [0.5, 0.6) is 0 Å². The minimum Gasteiger partial charge on any atom is -0.438 e. The first-order valence-electron chi connectivity index (χ1n) is 9.61. The Balaban J connectivity index is 1.69. The van der Waals surface area contributed by atoms with Gasteiger partial charge in [0.05, 0.1) is 26.7 Å². The fourth-order valence-corrected chi connectivity index (χ4v) is 3.36. The third-order valence-corrected chi connectivity index (χ3v) is 5.24. The summed E-state index contributed by atoms with van der Waals surface area (Å²) >= 11 is 6.32. The number of aromatic nitrogens is 5. The van der Waals surface area contributed by atoms with Crippen LogP contribution >= 0.6 is 11.6 Å². The fraction of sp³-hybridized carbons (Fsp3) is 0.450. The van der Waals surface area contributed by atoms with Gasteiger partial charge in [0.15, 0.2) is 17.0 Å². The molecule has 0 bridgehead atoms. The molecule has 3 heterocycles. The topological polar surface area (TPSA) is 95.3 Å². The van der Waals surface area contributed by atoms with Gasteiger partial charge < -0.3 is 14.4 Å². The molecule has 1 saturated heterocycles. The van der Waals surface area contributed by atoms with Crippen molar-refractivity contribution in [1.29, 1.82) is 0 Å². The van der Waals surface area contributed by atoms with Gasteiger partial charge in [0.1, 0.15) is 11.9 Å². The van der Waals surface area contributed by atoms with Crippen molar-refractivity contribution >= 4 is 34.7 Å². The van der Waals surface area contributed by atoms with E-state index in [1.807, 2.05) is 29.2 Å². The Morgan fingerprint density at radius 1 is 1.23 bits per heavy atom. The SMILES string of the molecule is COC(=O)OC1CN(c2nc(C(C)(C)C)nc3c2nnn3Cc2ccccc2Cl)C1. The molecule has 10 heteroatoms. The maximum atomic E-state index is 11.3. The zero-order chi connectivity index (χ0) is 21.5. The average Bonchev–Trinajstić information content (AvgIpc) is 3.07. The van der Waals surface area contributed by atoms with Crippen LogP contribution in [0.3, 0.4) is 0 Å². The largest absolute Gasteiger partial charge is 0.508 e. The predicted octanol–water partition coefficient (Wildman–Crippen LogP) is 3.19. The first kappa shape index (κ1) is 20.3. The molecule has 30 heavy (non-hydrogen) atoms. The normalized spacial score (nSPS) is 14.6. The van der Waals surface area contributed by atoms with E-state index >= 15 is 0 Å². The number of carbonyl (C=O) groups is 1. The van der Waals surface area contributed by atoms with Gasteiger partial charge in [0, 0.05) is 10.4 Å². The number of halogens is 1. The highest BCUT2D eigenvalue weighted by atomic mass is 35.5. The summed E-state index contributed by atoms with van der Waals surface area (Å²) in [6.45, 7) is 7.62. The van der Waals surface area contributed by atoms with Gasteiger partial charge in [0.2, 0.25) is 0 Å². The van der Waals surface area contributed by atoms with Crippen molar-refractivity contribution in [2.24, 2.45) is 0 Å². The molecule has 0 unspecified atom stereocenters. The summed E-state index contributed by atoms with van der Waals surface area (Å²) in [6.07, 6.45) is -0.938. The van der Waals surface area contributed by atoms with Crippen molar-refractivity contribution in [2.75, 3.05) is 25.1 Å². The molecule has 0 radical (unpaired) electrons. The molecule has 0 saturated carbocycles. The number of rotatable bonds is 4. The predicted molar refractivity (Wildman–Crippen MR) is 112 cm³/mol. The Bertz CT molecular complexity index is 1090. The quantitative estimate of drug-likeness (QED) is 0.582. The van der Waals surface area contributed by atoms with Crippen LogP contribution in [0.2, 0.25) is 5.02 Å². The molecule has 1 aromatic carbocycles.